The van der Waals surface area contributed by atoms with Gasteiger partial charge in [-0.2, -0.15) is 0 Å². The molecule has 1 aliphatic heterocycles. The Labute approximate surface area is 226 Å². The molecule has 0 aliphatic carbocycles. The molecule has 2 heterocycles. The van der Waals surface area contributed by atoms with Crippen molar-refractivity contribution in [3.8, 4) is 11.5 Å². The van der Waals surface area contributed by atoms with Gasteiger partial charge in [-0.3, -0.25) is 14.5 Å². The van der Waals surface area contributed by atoms with Crippen molar-refractivity contribution in [1.29, 1.82) is 0 Å². The summed E-state index contributed by atoms with van der Waals surface area (Å²) in [4.78, 5) is 50.4. The van der Waals surface area contributed by atoms with Crippen LogP contribution in [0.5, 0.6) is 11.5 Å². The van der Waals surface area contributed by atoms with E-state index >= 15 is 0 Å². The predicted molar refractivity (Wildman–Crippen MR) is 136 cm³/mol. The molecule has 1 aliphatic rings. The number of hydrogen-bond acceptors (Lipinski definition) is 8. The van der Waals surface area contributed by atoms with E-state index in [1.807, 2.05) is 0 Å². The van der Waals surface area contributed by atoms with E-state index in [1.165, 1.54) is 68.8 Å². The smallest absolute Gasteiger partial charge is 0.373 e. The number of furan rings is 1. The van der Waals surface area contributed by atoms with Crippen molar-refractivity contribution in [2.45, 2.75) is 6.54 Å². The average molecular weight is 558 g/mol. The maximum atomic E-state index is 13.1. The third-order valence-electron chi connectivity index (χ3n) is 5.37. The van der Waals surface area contributed by atoms with E-state index in [9.17, 15) is 23.6 Å². The Morgan fingerprint density at radius 3 is 2.56 bits per heavy atom. The molecule has 1 aromatic heterocycles. The van der Waals surface area contributed by atoms with Gasteiger partial charge in [-0.05, 0) is 48.5 Å². The number of amides is 4. The number of hydrogen-bond donors (Lipinski definition) is 2. The van der Waals surface area contributed by atoms with Crippen molar-refractivity contribution in [3.63, 3.8) is 0 Å². The largest absolute Gasteiger partial charge is 0.493 e. The van der Waals surface area contributed by atoms with Crippen molar-refractivity contribution < 1.29 is 42.2 Å². The molecule has 202 valence electrons. The lowest BCUT2D eigenvalue weighted by Gasteiger charge is -2.14. The fourth-order valence-electron chi connectivity index (χ4n) is 3.57. The normalized spacial score (nSPS) is 13.8. The van der Waals surface area contributed by atoms with Crippen LogP contribution in [0.25, 0.3) is 6.08 Å². The van der Waals surface area contributed by atoms with Crippen LogP contribution in [-0.2, 0) is 20.9 Å². The zero-order valence-electron chi connectivity index (χ0n) is 20.6. The third kappa shape index (κ3) is 6.36. The Morgan fingerprint density at radius 1 is 1.13 bits per heavy atom. The molecule has 0 spiro atoms. The quantitative estimate of drug-likeness (QED) is 0.229. The van der Waals surface area contributed by atoms with Gasteiger partial charge >= 0.3 is 12.0 Å². The minimum Gasteiger partial charge on any atom is -0.493 e. The molecule has 11 nitrogen and oxygen atoms in total. The fraction of sp³-hybridized carbons (Fsp3) is 0.154. The number of halogens is 2. The van der Waals surface area contributed by atoms with Crippen LogP contribution < -0.4 is 20.1 Å². The maximum Gasteiger partial charge on any atom is 0.373 e. The van der Waals surface area contributed by atoms with Gasteiger partial charge in [0.25, 0.3) is 11.8 Å². The molecular weight excluding hydrogens is 537 g/mol. The molecular formula is C26H21ClFN3O8. The predicted octanol–water partition coefficient (Wildman–Crippen LogP) is 3.98. The molecule has 0 atom stereocenters. The maximum absolute atomic E-state index is 13.1. The Bertz CT molecular complexity index is 1470. The summed E-state index contributed by atoms with van der Waals surface area (Å²) < 4.78 is 34.0. The molecule has 0 bridgehead atoms. The summed E-state index contributed by atoms with van der Waals surface area (Å²) in [7, 11) is 2.56. The second-order valence-electron chi connectivity index (χ2n) is 8.01. The number of anilines is 1. The van der Waals surface area contributed by atoms with E-state index in [1.54, 1.807) is 0 Å². The van der Waals surface area contributed by atoms with Gasteiger partial charge < -0.3 is 29.3 Å². The minimum atomic E-state index is -0.725. The first-order valence-electron chi connectivity index (χ1n) is 11.3. The number of imide groups is 1. The highest BCUT2D eigenvalue weighted by atomic mass is 35.5. The number of esters is 1. The highest BCUT2D eigenvalue weighted by Crippen LogP contribution is 2.36. The van der Waals surface area contributed by atoms with Crippen molar-refractivity contribution in [3.05, 3.63) is 82.2 Å². The van der Waals surface area contributed by atoms with E-state index in [4.69, 9.17) is 25.5 Å². The van der Waals surface area contributed by atoms with Crippen LogP contribution in [0.15, 0.2) is 58.6 Å². The van der Waals surface area contributed by atoms with Crippen LogP contribution in [0.1, 0.15) is 21.9 Å². The van der Waals surface area contributed by atoms with E-state index in [2.05, 4.69) is 15.4 Å². The topological polar surface area (TPSA) is 136 Å². The second kappa shape index (κ2) is 11.7. The molecule has 0 saturated carbocycles. The molecule has 1 saturated heterocycles. The first kappa shape index (κ1) is 27.2. The number of urea groups is 1. The molecule has 2 aromatic carbocycles. The zero-order valence-corrected chi connectivity index (χ0v) is 21.3. The van der Waals surface area contributed by atoms with Crippen LogP contribution in [0.3, 0.4) is 0 Å². The molecule has 13 heteroatoms. The van der Waals surface area contributed by atoms with E-state index in [0.29, 0.717) is 5.69 Å². The average Bonchev–Trinajstić information content (AvgIpc) is 3.49. The van der Waals surface area contributed by atoms with Gasteiger partial charge in [0.05, 0.1) is 20.8 Å². The van der Waals surface area contributed by atoms with Crippen molar-refractivity contribution in [2.24, 2.45) is 0 Å². The van der Waals surface area contributed by atoms with E-state index in [-0.39, 0.29) is 45.8 Å². The number of carbonyl (C=O) groups is 4. The van der Waals surface area contributed by atoms with Gasteiger partial charge in [0, 0.05) is 22.3 Å². The standard InChI is InChI=1S/C26H21ClFN3O8/c1-36-21-11-15(27)9-14(23(21)38-13-22(32)29-17-5-3-16(28)4-6-17)10-19-24(33)31(26(35)30-19)12-18-7-8-20(39-18)25(34)37-2/h3-11H,12-13H2,1-2H3,(H,29,32)(H,30,35)/b19-10-. The highest BCUT2D eigenvalue weighted by Gasteiger charge is 2.35. The SMILES string of the molecule is COC(=O)c1ccc(CN2C(=O)N/C(=C\c3cc(Cl)cc(OC)c3OCC(=O)Nc3ccc(F)cc3)C2=O)o1. The van der Waals surface area contributed by atoms with Crippen molar-refractivity contribution in [1.82, 2.24) is 10.2 Å². The number of rotatable bonds is 9. The van der Waals surface area contributed by atoms with Crippen LogP contribution in [0, 0.1) is 5.82 Å². The first-order valence-corrected chi connectivity index (χ1v) is 11.6. The number of carbonyl (C=O) groups excluding carboxylic acids is 4. The molecule has 4 rings (SSSR count). The van der Waals surface area contributed by atoms with Gasteiger partial charge in [-0.25, -0.2) is 14.0 Å². The fourth-order valence-corrected chi connectivity index (χ4v) is 3.79. The van der Waals surface area contributed by atoms with Crippen LogP contribution in [0.2, 0.25) is 5.02 Å². The molecule has 1 fully saturated rings. The summed E-state index contributed by atoms with van der Waals surface area (Å²) in [5.74, 6) is -2.02. The molecule has 2 N–H and O–H groups in total. The molecule has 0 unspecified atom stereocenters. The number of benzene rings is 2. The van der Waals surface area contributed by atoms with Gasteiger partial charge in [0.2, 0.25) is 5.76 Å². The molecule has 3 aromatic rings. The van der Waals surface area contributed by atoms with Crippen LogP contribution in [-0.4, -0.2) is 49.5 Å². The lowest BCUT2D eigenvalue weighted by atomic mass is 10.1. The van der Waals surface area contributed by atoms with Crippen LogP contribution in [0.4, 0.5) is 14.9 Å². The van der Waals surface area contributed by atoms with Gasteiger partial charge in [-0.15, -0.1) is 0 Å². The number of ether oxygens (including phenoxy) is 3. The minimum absolute atomic E-state index is 0.0772. The van der Waals surface area contributed by atoms with Crippen molar-refractivity contribution >= 4 is 47.2 Å². The van der Waals surface area contributed by atoms with E-state index < -0.39 is 36.2 Å². The summed E-state index contributed by atoms with van der Waals surface area (Å²) in [5.41, 5.74) is 0.500. The Morgan fingerprint density at radius 2 is 1.87 bits per heavy atom. The monoisotopic (exact) mass is 557 g/mol. The van der Waals surface area contributed by atoms with Gasteiger partial charge in [-0.1, -0.05) is 11.6 Å². The Hall–Kier alpha value is -4.84. The van der Waals surface area contributed by atoms with Gasteiger partial charge in [0.15, 0.2) is 18.1 Å². The highest BCUT2D eigenvalue weighted by molar-refractivity contribution is 6.31. The number of nitrogens with one attached hydrogen (secondary N) is 2. The second-order valence-corrected chi connectivity index (χ2v) is 8.44. The summed E-state index contributed by atoms with van der Waals surface area (Å²) >= 11 is 6.20. The third-order valence-corrected chi connectivity index (χ3v) is 5.59. The Balaban J connectivity index is 1.53. The van der Waals surface area contributed by atoms with Crippen molar-refractivity contribution in [2.75, 3.05) is 26.1 Å². The summed E-state index contributed by atoms with van der Waals surface area (Å²) in [6.45, 7) is -0.705. The lowest BCUT2D eigenvalue weighted by Crippen LogP contribution is -2.30. The Kier molecular flexibility index (Phi) is 8.15. The summed E-state index contributed by atoms with van der Waals surface area (Å²) in [5, 5.41) is 5.27. The van der Waals surface area contributed by atoms with Gasteiger partial charge in [0.1, 0.15) is 17.3 Å². The molecule has 4 amide bonds. The first-order chi connectivity index (χ1) is 18.7. The lowest BCUT2D eigenvalue weighted by molar-refractivity contribution is -0.123. The van der Waals surface area contributed by atoms with E-state index in [0.717, 1.165) is 4.90 Å². The summed E-state index contributed by atoms with van der Waals surface area (Å²) in [6, 6.07) is 10.2. The molecule has 0 radical (unpaired) electrons. The molecule has 39 heavy (non-hydrogen) atoms. The van der Waals surface area contributed by atoms with Crippen LogP contribution >= 0.6 is 11.6 Å². The number of methoxy groups -OCH3 is 2. The zero-order chi connectivity index (χ0) is 28.1. The summed E-state index contributed by atoms with van der Waals surface area (Å²) in [6.07, 6.45) is 1.32. The number of nitrogens with zero attached hydrogens (tertiary/aromatic N) is 1.